The summed E-state index contributed by atoms with van der Waals surface area (Å²) in [4.78, 5) is 26.1. The molecule has 0 aromatic heterocycles. The molecule has 0 bridgehead atoms. The Bertz CT molecular complexity index is 695. The van der Waals surface area contributed by atoms with Gasteiger partial charge in [-0.25, -0.2) is 0 Å². The van der Waals surface area contributed by atoms with Crippen LogP contribution < -0.4 is 5.32 Å². The molecule has 1 unspecified atom stereocenters. The van der Waals surface area contributed by atoms with E-state index in [1.807, 2.05) is 11.9 Å². The SMILES string of the molecule is CN=C(NCC(C)N(C)Cc1ccccc1)N1CCN(CC(=O)N2CCCCC2)CC1. The molecule has 1 aromatic rings. The molecule has 2 aliphatic heterocycles. The second-order valence-corrected chi connectivity index (χ2v) is 8.88. The van der Waals surface area contributed by atoms with Crippen molar-refractivity contribution in [2.45, 2.75) is 38.8 Å². The normalized spacial score (nSPS) is 19.5. The van der Waals surface area contributed by atoms with Crippen LogP contribution in [0.3, 0.4) is 0 Å². The predicted molar refractivity (Wildman–Crippen MR) is 127 cm³/mol. The van der Waals surface area contributed by atoms with Crippen LogP contribution in [0.1, 0.15) is 31.7 Å². The number of nitrogens with one attached hydrogen (secondary N) is 1. The fourth-order valence-corrected chi connectivity index (χ4v) is 4.31. The van der Waals surface area contributed by atoms with Gasteiger partial charge in [-0.3, -0.25) is 19.6 Å². The van der Waals surface area contributed by atoms with Gasteiger partial charge in [0.25, 0.3) is 0 Å². The predicted octanol–water partition coefficient (Wildman–Crippen LogP) is 1.71. The topological polar surface area (TPSA) is 54.4 Å². The Morgan fingerprint density at radius 2 is 1.71 bits per heavy atom. The van der Waals surface area contributed by atoms with Crippen LogP contribution in [0.15, 0.2) is 35.3 Å². The summed E-state index contributed by atoms with van der Waals surface area (Å²) in [7, 11) is 4.02. The molecule has 2 heterocycles. The van der Waals surface area contributed by atoms with Crippen LogP contribution in [0.25, 0.3) is 0 Å². The summed E-state index contributed by atoms with van der Waals surface area (Å²) in [6.45, 7) is 10.1. The molecular weight excluding hydrogens is 388 g/mol. The third-order valence-electron chi connectivity index (χ3n) is 6.53. The Balaban J connectivity index is 1.39. The number of hydrogen-bond donors (Lipinski definition) is 1. The molecule has 1 atom stereocenters. The molecule has 172 valence electrons. The number of benzene rings is 1. The lowest BCUT2D eigenvalue weighted by molar-refractivity contribution is -0.133. The number of carbonyl (C=O) groups is 1. The number of piperazine rings is 1. The zero-order chi connectivity index (χ0) is 22.1. The molecular formula is C24H40N6O. The first-order valence-corrected chi connectivity index (χ1v) is 11.8. The van der Waals surface area contributed by atoms with Gasteiger partial charge >= 0.3 is 0 Å². The number of likely N-dealkylation sites (N-methyl/N-ethyl adjacent to an activating group) is 1. The van der Waals surface area contributed by atoms with E-state index in [1.165, 1.54) is 12.0 Å². The van der Waals surface area contributed by atoms with E-state index in [0.29, 0.717) is 18.5 Å². The Hall–Kier alpha value is -2.12. The largest absolute Gasteiger partial charge is 0.355 e. The quantitative estimate of drug-likeness (QED) is 0.529. The summed E-state index contributed by atoms with van der Waals surface area (Å²) in [5.74, 6) is 1.26. The number of carbonyl (C=O) groups excluding carboxylic acids is 1. The molecule has 7 nitrogen and oxygen atoms in total. The fraction of sp³-hybridized carbons (Fsp3) is 0.667. The molecule has 0 saturated carbocycles. The number of nitrogens with zero attached hydrogens (tertiary/aromatic N) is 5. The molecule has 7 heteroatoms. The third kappa shape index (κ3) is 7.21. The fourth-order valence-electron chi connectivity index (χ4n) is 4.31. The average Bonchev–Trinajstić information content (AvgIpc) is 2.81. The van der Waals surface area contributed by atoms with E-state index in [-0.39, 0.29) is 0 Å². The summed E-state index contributed by atoms with van der Waals surface area (Å²) < 4.78 is 0. The van der Waals surface area contributed by atoms with Gasteiger partial charge in [-0.15, -0.1) is 0 Å². The van der Waals surface area contributed by atoms with Crippen molar-refractivity contribution >= 4 is 11.9 Å². The van der Waals surface area contributed by atoms with Crippen LogP contribution in [-0.4, -0.2) is 104 Å². The number of rotatable bonds is 7. The number of guanidine groups is 1. The highest BCUT2D eigenvalue weighted by molar-refractivity contribution is 5.80. The van der Waals surface area contributed by atoms with Gasteiger partial charge in [0.15, 0.2) is 5.96 Å². The summed E-state index contributed by atoms with van der Waals surface area (Å²) in [6.07, 6.45) is 3.57. The summed E-state index contributed by atoms with van der Waals surface area (Å²) in [6, 6.07) is 11.0. The van der Waals surface area contributed by atoms with Crippen LogP contribution in [-0.2, 0) is 11.3 Å². The Labute approximate surface area is 188 Å². The number of likely N-dealkylation sites (tertiary alicyclic amines) is 1. The van der Waals surface area contributed by atoms with Gasteiger partial charge in [-0.05, 0) is 38.8 Å². The monoisotopic (exact) mass is 428 g/mol. The van der Waals surface area contributed by atoms with E-state index in [9.17, 15) is 4.79 Å². The van der Waals surface area contributed by atoms with Crippen LogP contribution in [0.2, 0.25) is 0 Å². The first-order valence-electron chi connectivity index (χ1n) is 11.8. The molecule has 1 aromatic carbocycles. The van der Waals surface area contributed by atoms with Crippen molar-refractivity contribution in [1.29, 1.82) is 0 Å². The minimum absolute atomic E-state index is 0.297. The van der Waals surface area contributed by atoms with Crippen molar-refractivity contribution in [2.75, 3.05) is 66.5 Å². The molecule has 2 saturated heterocycles. The van der Waals surface area contributed by atoms with E-state index in [4.69, 9.17) is 0 Å². The Morgan fingerprint density at radius 3 is 2.35 bits per heavy atom. The van der Waals surface area contributed by atoms with Crippen LogP contribution in [0.5, 0.6) is 0 Å². The number of hydrogen-bond acceptors (Lipinski definition) is 4. The van der Waals surface area contributed by atoms with E-state index >= 15 is 0 Å². The van der Waals surface area contributed by atoms with Crippen molar-refractivity contribution in [3.05, 3.63) is 35.9 Å². The highest BCUT2D eigenvalue weighted by Crippen LogP contribution is 2.10. The van der Waals surface area contributed by atoms with Gasteiger partial charge in [-0.1, -0.05) is 30.3 Å². The molecule has 3 rings (SSSR count). The minimum atomic E-state index is 0.297. The average molecular weight is 429 g/mol. The molecule has 0 radical (unpaired) electrons. The van der Waals surface area contributed by atoms with Crippen molar-refractivity contribution in [1.82, 2.24) is 24.9 Å². The Kier molecular flexibility index (Phi) is 9.15. The summed E-state index contributed by atoms with van der Waals surface area (Å²) in [5.41, 5.74) is 1.33. The maximum absolute atomic E-state index is 12.5. The van der Waals surface area contributed by atoms with E-state index in [2.05, 4.69) is 69.3 Å². The molecule has 2 aliphatic rings. The maximum Gasteiger partial charge on any atom is 0.236 e. The summed E-state index contributed by atoms with van der Waals surface area (Å²) in [5, 5.41) is 3.55. The van der Waals surface area contributed by atoms with Crippen molar-refractivity contribution in [3.8, 4) is 0 Å². The van der Waals surface area contributed by atoms with Crippen LogP contribution in [0, 0.1) is 0 Å². The first kappa shape index (κ1) is 23.5. The smallest absolute Gasteiger partial charge is 0.236 e. The summed E-state index contributed by atoms with van der Waals surface area (Å²) >= 11 is 0. The highest BCUT2D eigenvalue weighted by Gasteiger charge is 2.24. The van der Waals surface area contributed by atoms with Crippen molar-refractivity contribution < 1.29 is 4.79 Å². The Morgan fingerprint density at radius 1 is 1.03 bits per heavy atom. The van der Waals surface area contributed by atoms with E-state index in [0.717, 1.165) is 71.2 Å². The second kappa shape index (κ2) is 12.1. The minimum Gasteiger partial charge on any atom is -0.355 e. The van der Waals surface area contributed by atoms with Crippen molar-refractivity contribution in [2.24, 2.45) is 4.99 Å². The van der Waals surface area contributed by atoms with Crippen LogP contribution >= 0.6 is 0 Å². The van der Waals surface area contributed by atoms with E-state index in [1.54, 1.807) is 0 Å². The van der Waals surface area contributed by atoms with Gasteiger partial charge in [0, 0.05) is 65.4 Å². The van der Waals surface area contributed by atoms with Gasteiger partial charge in [-0.2, -0.15) is 0 Å². The van der Waals surface area contributed by atoms with Crippen LogP contribution in [0.4, 0.5) is 0 Å². The number of piperidine rings is 1. The highest BCUT2D eigenvalue weighted by atomic mass is 16.2. The van der Waals surface area contributed by atoms with E-state index < -0.39 is 0 Å². The zero-order valence-electron chi connectivity index (χ0n) is 19.6. The zero-order valence-corrected chi connectivity index (χ0v) is 19.6. The first-order chi connectivity index (χ1) is 15.1. The van der Waals surface area contributed by atoms with Gasteiger partial charge in [0.1, 0.15) is 0 Å². The third-order valence-corrected chi connectivity index (χ3v) is 6.53. The number of amides is 1. The lowest BCUT2D eigenvalue weighted by Crippen LogP contribution is -2.55. The van der Waals surface area contributed by atoms with Gasteiger partial charge in [0.05, 0.1) is 6.54 Å². The van der Waals surface area contributed by atoms with Gasteiger partial charge < -0.3 is 15.1 Å². The lowest BCUT2D eigenvalue weighted by Gasteiger charge is -2.38. The standard InChI is InChI=1S/C24H40N6O/c1-21(27(3)19-22-10-6-4-7-11-22)18-26-24(25-2)30-16-14-28(15-17-30)20-23(31)29-12-8-5-9-13-29/h4,6-7,10-11,21H,5,8-9,12-20H2,1-3H3,(H,25,26). The molecule has 31 heavy (non-hydrogen) atoms. The lowest BCUT2D eigenvalue weighted by atomic mass is 10.1. The van der Waals surface area contributed by atoms with Crippen molar-refractivity contribution in [3.63, 3.8) is 0 Å². The molecule has 0 spiro atoms. The molecule has 1 amide bonds. The molecule has 1 N–H and O–H groups in total. The van der Waals surface area contributed by atoms with Gasteiger partial charge in [0.2, 0.25) is 5.91 Å². The number of aliphatic imine (C=N–C) groups is 1. The second-order valence-electron chi connectivity index (χ2n) is 8.88. The molecule has 0 aliphatic carbocycles. The maximum atomic E-state index is 12.5. The molecule has 2 fully saturated rings.